The average Bonchev–Trinajstić information content (AvgIpc) is 3.46. The highest BCUT2D eigenvalue weighted by atomic mass is 16.4. The summed E-state index contributed by atoms with van der Waals surface area (Å²) in [6.07, 6.45) is 3.13. The van der Waals surface area contributed by atoms with Gasteiger partial charge in [-0.05, 0) is 19.3 Å². The van der Waals surface area contributed by atoms with Gasteiger partial charge in [-0.15, -0.1) is 0 Å². The maximum absolute atomic E-state index is 12.9. The van der Waals surface area contributed by atoms with Crippen LogP contribution in [0.5, 0.6) is 0 Å². The predicted octanol–water partition coefficient (Wildman–Crippen LogP) is -3.42. The van der Waals surface area contributed by atoms with Crippen molar-refractivity contribution < 1.29 is 34.2 Å². The van der Waals surface area contributed by atoms with E-state index in [4.69, 9.17) is 16.6 Å². The van der Waals surface area contributed by atoms with Gasteiger partial charge in [0.15, 0.2) is 0 Å². The van der Waals surface area contributed by atoms with Crippen molar-refractivity contribution in [3.8, 4) is 0 Å². The van der Waals surface area contributed by atoms with Crippen LogP contribution in [-0.2, 0) is 30.4 Å². The van der Waals surface area contributed by atoms with E-state index in [0.29, 0.717) is 18.5 Å². The number of carboxylic acids is 1. The fourth-order valence-corrected chi connectivity index (χ4v) is 3.51. The molecule has 1 fully saturated rings. The van der Waals surface area contributed by atoms with E-state index in [1.165, 1.54) is 17.4 Å². The zero-order valence-corrected chi connectivity index (χ0v) is 17.9. The summed E-state index contributed by atoms with van der Waals surface area (Å²) in [7, 11) is 0. The van der Waals surface area contributed by atoms with Gasteiger partial charge in [0.2, 0.25) is 23.6 Å². The van der Waals surface area contributed by atoms with Gasteiger partial charge in [0.05, 0.1) is 12.9 Å². The molecule has 4 atom stereocenters. The van der Waals surface area contributed by atoms with Crippen molar-refractivity contribution in [2.24, 2.45) is 11.5 Å². The van der Waals surface area contributed by atoms with E-state index in [2.05, 4.69) is 20.6 Å². The van der Waals surface area contributed by atoms with Crippen molar-refractivity contribution in [1.29, 1.82) is 0 Å². The quantitative estimate of drug-likeness (QED) is 0.162. The third kappa shape index (κ3) is 7.25. The fourth-order valence-electron chi connectivity index (χ4n) is 3.51. The van der Waals surface area contributed by atoms with Crippen LogP contribution in [0.2, 0.25) is 0 Å². The first-order valence-electron chi connectivity index (χ1n) is 10.4. The summed E-state index contributed by atoms with van der Waals surface area (Å²) in [6, 6.07) is -4.68. The molecule has 9 N–H and O–H groups in total. The number of carbonyl (C=O) groups is 5. The second-order valence-corrected chi connectivity index (χ2v) is 7.73. The minimum absolute atomic E-state index is 0.0818. The van der Waals surface area contributed by atoms with Crippen LogP contribution in [0, 0.1) is 0 Å². The number of nitrogens with zero attached hydrogens (tertiary/aromatic N) is 2. The minimum Gasteiger partial charge on any atom is -0.480 e. The number of aliphatic hydroxyl groups is 1. The lowest BCUT2D eigenvalue weighted by Gasteiger charge is -2.28. The van der Waals surface area contributed by atoms with Gasteiger partial charge in [-0.2, -0.15) is 0 Å². The third-order valence-electron chi connectivity index (χ3n) is 5.26. The summed E-state index contributed by atoms with van der Waals surface area (Å²) in [5.41, 5.74) is 11.2. The van der Waals surface area contributed by atoms with E-state index >= 15 is 0 Å². The Morgan fingerprint density at radius 2 is 1.97 bits per heavy atom. The zero-order chi connectivity index (χ0) is 24.5. The lowest BCUT2D eigenvalue weighted by molar-refractivity contribution is -0.143. The first-order chi connectivity index (χ1) is 15.6. The number of hydrogen-bond donors (Lipinski definition) is 7. The molecule has 0 radical (unpaired) electrons. The maximum atomic E-state index is 12.9. The molecular weight excluding hydrogens is 438 g/mol. The van der Waals surface area contributed by atoms with Crippen molar-refractivity contribution in [3.63, 3.8) is 0 Å². The predicted molar refractivity (Wildman–Crippen MR) is 112 cm³/mol. The molecule has 14 nitrogen and oxygen atoms in total. The number of hydrogen-bond acceptors (Lipinski definition) is 8. The van der Waals surface area contributed by atoms with E-state index in [1.807, 2.05) is 0 Å². The Kier molecular flexibility index (Phi) is 9.30. The van der Waals surface area contributed by atoms with Crippen LogP contribution in [0.25, 0.3) is 0 Å². The third-order valence-corrected chi connectivity index (χ3v) is 5.26. The standard InChI is InChI=1S/C19H29N7O7/c20-11(8-27)18(31)26-5-1-2-14(26)17(30)24-12(3-4-15(21)28)16(29)25-13(19(32)33)6-10-7-22-9-23-10/h7,9,11-14,27H,1-6,8,20H2,(H2,21,28)(H,22,23)(H,24,30)(H,25,29)(H,32,33). The van der Waals surface area contributed by atoms with Gasteiger partial charge in [0.1, 0.15) is 24.2 Å². The molecule has 0 spiro atoms. The molecule has 0 saturated carbocycles. The van der Waals surface area contributed by atoms with Crippen molar-refractivity contribution in [1.82, 2.24) is 25.5 Å². The molecule has 0 aromatic carbocycles. The van der Waals surface area contributed by atoms with Crippen LogP contribution in [0.4, 0.5) is 0 Å². The number of rotatable bonds is 12. The zero-order valence-electron chi connectivity index (χ0n) is 17.9. The molecule has 182 valence electrons. The SMILES string of the molecule is NC(=O)CCC(NC(=O)C1CCCN1C(=O)C(N)CO)C(=O)NC(Cc1cnc[nH]1)C(=O)O. The first kappa shape index (κ1) is 25.7. The number of aromatic amines is 1. The number of aromatic nitrogens is 2. The molecule has 0 aliphatic carbocycles. The van der Waals surface area contributed by atoms with Crippen molar-refractivity contribution in [2.75, 3.05) is 13.2 Å². The number of H-pyrrole nitrogens is 1. The smallest absolute Gasteiger partial charge is 0.326 e. The molecule has 1 aromatic rings. The van der Waals surface area contributed by atoms with Crippen molar-refractivity contribution >= 4 is 29.6 Å². The average molecular weight is 467 g/mol. The second-order valence-electron chi connectivity index (χ2n) is 7.73. The molecule has 14 heteroatoms. The van der Waals surface area contributed by atoms with Crippen molar-refractivity contribution in [2.45, 2.75) is 56.3 Å². The molecule has 33 heavy (non-hydrogen) atoms. The Hall–Kier alpha value is -3.52. The maximum Gasteiger partial charge on any atom is 0.326 e. The monoisotopic (exact) mass is 467 g/mol. The van der Waals surface area contributed by atoms with Gasteiger partial charge in [-0.25, -0.2) is 9.78 Å². The van der Waals surface area contributed by atoms with Crippen LogP contribution in [0.15, 0.2) is 12.5 Å². The highest BCUT2D eigenvalue weighted by Crippen LogP contribution is 2.19. The van der Waals surface area contributed by atoms with Gasteiger partial charge >= 0.3 is 5.97 Å². The van der Waals surface area contributed by atoms with E-state index in [1.54, 1.807) is 0 Å². The Balaban J connectivity index is 2.11. The highest BCUT2D eigenvalue weighted by molar-refractivity contribution is 5.94. The molecule has 1 aliphatic heterocycles. The normalized spacial score (nSPS) is 18.2. The molecule has 4 amide bonds. The van der Waals surface area contributed by atoms with Crippen LogP contribution < -0.4 is 22.1 Å². The molecule has 0 bridgehead atoms. The number of primary amides is 1. The molecule has 4 unspecified atom stereocenters. The second kappa shape index (κ2) is 11.9. The molecule has 2 heterocycles. The lowest BCUT2D eigenvalue weighted by Crippen LogP contribution is -2.57. The van der Waals surface area contributed by atoms with Gasteiger partial charge in [-0.3, -0.25) is 19.2 Å². The Bertz CT molecular complexity index is 861. The van der Waals surface area contributed by atoms with Gasteiger partial charge in [-0.1, -0.05) is 0 Å². The molecule has 1 aliphatic rings. The summed E-state index contributed by atoms with van der Waals surface area (Å²) in [5.74, 6) is -4.08. The molecular formula is C19H29N7O7. The number of carboxylic acid groups (broad SMARTS) is 1. The number of carbonyl (C=O) groups excluding carboxylic acids is 4. The Morgan fingerprint density at radius 3 is 2.55 bits per heavy atom. The van der Waals surface area contributed by atoms with E-state index in [-0.39, 0.29) is 25.8 Å². The highest BCUT2D eigenvalue weighted by Gasteiger charge is 2.37. The minimum atomic E-state index is -1.32. The Morgan fingerprint density at radius 1 is 1.24 bits per heavy atom. The number of aliphatic hydroxyl groups excluding tert-OH is 1. The van der Waals surface area contributed by atoms with Gasteiger partial charge in [0, 0.05) is 31.3 Å². The number of likely N-dealkylation sites (tertiary alicyclic amines) is 1. The Labute approximate surface area is 189 Å². The number of amides is 4. The first-order valence-corrected chi connectivity index (χ1v) is 10.4. The van der Waals surface area contributed by atoms with Crippen LogP contribution in [0.3, 0.4) is 0 Å². The fraction of sp³-hybridized carbons (Fsp3) is 0.579. The number of aliphatic carboxylic acids is 1. The summed E-state index contributed by atoms with van der Waals surface area (Å²) < 4.78 is 0. The molecule has 1 saturated heterocycles. The molecule has 2 rings (SSSR count). The van der Waals surface area contributed by atoms with Crippen LogP contribution in [0.1, 0.15) is 31.4 Å². The van der Waals surface area contributed by atoms with Crippen LogP contribution in [-0.4, -0.2) is 92.0 Å². The summed E-state index contributed by atoms with van der Waals surface area (Å²) in [5, 5.41) is 23.4. The van der Waals surface area contributed by atoms with Gasteiger partial charge < -0.3 is 42.2 Å². The van der Waals surface area contributed by atoms with Crippen LogP contribution >= 0.6 is 0 Å². The topological polar surface area (TPSA) is 234 Å². The summed E-state index contributed by atoms with van der Waals surface area (Å²) in [6.45, 7) is -0.325. The lowest BCUT2D eigenvalue weighted by atomic mass is 10.1. The number of nitrogens with one attached hydrogen (secondary N) is 3. The van der Waals surface area contributed by atoms with E-state index in [9.17, 15) is 29.1 Å². The van der Waals surface area contributed by atoms with E-state index < -0.39 is 60.4 Å². The number of nitrogens with two attached hydrogens (primary N) is 2. The summed E-state index contributed by atoms with van der Waals surface area (Å²) >= 11 is 0. The largest absolute Gasteiger partial charge is 0.480 e. The molecule has 1 aromatic heterocycles. The van der Waals surface area contributed by atoms with Gasteiger partial charge in [0.25, 0.3) is 0 Å². The van der Waals surface area contributed by atoms with E-state index in [0.717, 1.165) is 0 Å². The number of imidazole rings is 1. The summed E-state index contributed by atoms with van der Waals surface area (Å²) in [4.78, 5) is 68.7. The van der Waals surface area contributed by atoms with Crippen molar-refractivity contribution in [3.05, 3.63) is 18.2 Å².